The molecule has 2 heterocycles. The molecule has 9 heteroatoms. The van der Waals surface area contributed by atoms with Gasteiger partial charge in [0.1, 0.15) is 12.4 Å². The Hall–Kier alpha value is -3.01. The third-order valence-corrected chi connectivity index (χ3v) is 7.56. The summed E-state index contributed by atoms with van der Waals surface area (Å²) in [6, 6.07) is 15.2. The van der Waals surface area contributed by atoms with Gasteiger partial charge < -0.3 is 14.6 Å². The van der Waals surface area contributed by atoms with Gasteiger partial charge in [-0.05, 0) is 43.3 Å². The van der Waals surface area contributed by atoms with Crippen molar-refractivity contribution < 1.29 is 27.8 Å². The van der Waals surface area contributed by atoms with Crippen LogP contribution in [0.1, 0.15) is 11.3 Å². The summed E-state index contributed by atoms with van der Waals surface area (Å²) in [5.74, 6) is -1.44. The highest BCUT2D eigenvalue weighted by Crippen LogP contribution is 2.27. The molecule has 8 nitrogen and oxygen atoms in total. The monoisotopic (exact) mass is 456 g/mol. The Labute approximate surface area is 186 Å². The number of aromatic nitrogens is 1. The number of nitrogens with zero attached hydrogens (tertiary/aromatic N) is 2. The van der Waals surface area contributed by atoms with Crippen molar-refractivity contribution in [1.82, 2.24) is 9.29 Å². The second-order valence-electron chi connectivity index (χ2n) is 7.77. The number of aryl methyl sites for hydroxylation is 1. The van der Waals surface area contributed by atoms with Gasteiger partial charge in [0.05, 0.1) is 35.6 Å². The van der Waals surface area contributed by atoms with Crippen molar-refractivity contribution in [2.45, 2.75) is 24.5 Å². The van der Waals surface area contributed by atoms with Crippen LogP contribution in [-0.2, 0) is 26.2 Å². The number of sulfonamides is 1. The lowest BCUT2D eigenvalue weighted by Crippen LogP contribution is -2.44. The van der Waals surface area contributed by atoms with Gasteiger partial charge in [0.25, 0.3) is 0 Å². The Morgan fingerprint density at radius 2 is 1.91 bits per heavy atom. The Balaban J connectivity index is 1.49. The summed E-state index contributed by atoms with van der Waals surface area (Å²) < 4.78 is 38.2. The van der Waals surface area contributed by atoms with Gasteiger partial charge in [0, 0.05) is 23.7 Å². The van der Waals surface area contributed by atoms with E-state index in [1.54, 1.807) is 12.1 Å². The standard InChI is InChI=1S/C23H24N2O6S/c1-15-11-16(19-5-3-4-6-21(19)24-15)12-31-17-7-9-18(10-8-17)32(28,29)25(2)22-14-30-13-20(22)23(26)27/h3-11,20,22H,12-14H2,1-2H3,(H,26,27). The van der Waals surface area contributed by atoms with Gasteiger partial charge >= 0.3 is 5.97 Å². The molecule has 0 amide bonds. The van der Waals surface area contributed by atoms with Crippen molar-refractivity contribution in [2.24, 2.45) is 5.92 Å². The van der Waals surface area contributed by atoms with E-state index in [-0.39, 0.29) is 18.1 Å². The molecule has 0 bridgehead atoms. The van der Waals surface area contributed by atoms with Gasteiger partial charge in [-0.2, -0.15) is 4.31 Å². The molecule has 2 aromatic carbocycles. The van der Waals surface area contributed by atoms with E-state index in [0.717, 1.165) is 26.5 Å². The van der Waals surface area contributed by atoms with Crippen LogP contribution < -0.4 is 4.74 Å². The number of aliphatic carboxylic acids is 1. The van der Waals surface area contributed by atoms with E-state index in [1.807, 2.05) is 37.3 Å². The number of carboxylic acid groups (broad SMARTS) is 1. The maximum atomic E-state index is 13.0. The van der Waals surface area contributed by atoms with Crippen LogP contribution in [0.3, 0.4) is 0 Å². The molecule has 1 aliphatic rings. The number of hydrogen-bond acceptors (Lipinski definition) is 6. The van der Waals surface area contributed by atoms with E-state index >= 15 is 0 Å². The number of rotatable bonds is 7. The van der Waals surface area contributed by atoms with Crippen LogP contribution in [-0.4, -0.2) is 55.1 Å². The summed E-state index contributed by atoms with van der Waals surface area (Å²) in [6.07, 6.45) is 0. The molecule has 0 spiro atoms. The third-order valence-electron chi connectivity index (χ3n) is 5.66. The Morgan fingerprint density at radius 3 is 2.62 bits per heavy atom. The zero-order chi connectivity index (χ0) is 22.9. The second-order valence-corrected chi connectivity index (χ2v) is 9.77. The summed E-state index contributed by atoms with van der Waals surface area (Å²) in [6.45, 7) is 2.29. The first-order valence-electron chi connectivity index (χ1n) is 10.1. The van der Waals surface area contributed by atoms with Crippen molar-refractivity contribution in [3.05, 3.63) is 65.9 Å². The molecule has 1 fully saturated rings. The first-order valence-corrected chi connectivity index (χ1v) is 11.6. The van der Waals surface area contributed by atoms with Crippen molar-refractivity contribution in [2.75, 3.05) is 20.3 Å². The Morgan fingerprint density at radius 1 is 1.19 bits per heavy atom. The molecule has 1 aliphatic heterocycles. The van der Waals surface area contributed by atoms with E-state index in [1.165, 1.54) is 19.2 Å². The molecule has 1 aromatic heterocycles. The molecule has 4 rings (SSSR count). The SMILES string of the molecule is Cc1cc(COc2ccc(S(=O)(=O)N(C)C3COCC3C(=O)O)cc2)c2ccccc2n1. The normalized spacial score (nSPS) is 18.8. The van der Waals surface area contributed by atoms with Crippen LogP contribution in [0.15, 0.2) is 59.5 Å². The van der Waals surface area contributed by atoms with Crippen molar-refractivity contribution in [3.63, 3.8) is 0 Å². The van der Waals surface area contributed by atoms with Gasteiger partial charge in [-0.25, -0.2) is 8.42 Å². The summed E-state index contributed by atoms with van der Waals surface area (Å²) in [7, 11) is -2.50. The number of carboxylic acids is 1. The van der Waals surface area contributed by atoms with E-state index in [9.17, 15) is 18.3 Å². The van der Waals surface area contributed by atoms with E-state index in [4.69, 9.17) is 9.47 Å². The molecule has 3 aromatic rings. The number of pyridine rings is 1. The quantitative estimate of drug-likeness (QED) is 0.583. The van der Waals surface area contributed by atoms with Crippen LogP contribution in [0.2, 0.25) is 0 Å². The minimum absolute atomic E-state index is 0.00417. The van der Waals surface area contributed by atoms with Crippen LogP contribution >= 0.6 is 0 Å². The van der Waals surface area contributed by atoms with Crippen LogP contribution in [0.5, 0.6) is 5.75 Å². The fraction of sp³-hybridized carbons (Fsp3) is 0.304. The molecular formula is C23H24N2O6S. The molecule has 1 saturated heterocycles. The smallest absolute Gasteiger partial charge is 0.310 e. The number of ether oxygens (including phenoxy) is 2. The predicted molar refractivity (Wildman–Crippen MR) is 118 cm³/mol. The zero-order valence-electron chi connectivity index (χ0n) is 17.8. The molecule has 1 N–H and O–H groups in total. The lowest BCUT2D eigenvalue weighted by Gasteiger charge is -2.25. The molecule has 2 unspecified atom stereocenters. The fourth-order valence-corrected chi connectivity index (χ4v) is 5.24. The first kappa shape index (κ1) is 22.2. The number of carbonyl (C=O) groups is 1. The average molecular weight is 457 g/mol. The summed E-state index contributed by atoms with van der Waals surface area (Å²) in [5.41, 5.74) is 2.78. The molecule has 0 saturated carbocycles. The molecule has 0 radical (unpaired) electrons. The predicted octanol–water partition coefficient (Wildman–Crippen LogP) is 2.84. The Bertz CT molecular complexity index is 1240. The average Bonchev–Trinajstić information content (AvgIpc) is 3.27. The fourth-order valence-electron chi connectivity index (χ4n) is 3.86. The second kappa shape index (κ2) is 8.85. The highest BCUT2D eigenvalue weighted by atomic mass is 32.2. The minimum atomic E-state index is -3.88. The number of para-hydroxylation sites is 1. The lowest BCUT2D eigenvalue weighted by atomic mass is 10.1. The van der Waals surface area contributed by atoms with Gasteiger partial charge in [0.2, 0.25) is 10.0 Å². The van der Waals surface area contributed by atoms with Crippen molar-refractivity contribution in [1.29, 1.82) is 0 Å². The van der Waals surface area contributed by atoms with Gasteiger partial charge in [-0.1, -0.05) is 18.2 Å². The largest absolute Gasteiger partial charge is 0.489 e. The zero-order valence-corrected chi connectivity index (χ0v) is 18.6. The first-order chi connectivity index (χ1) is 15.3. The lowest BCUT2D eigenvalue weighted by molar-refractivity contribution is -0.142. The van der Waals surface area contributed by atoms with E-state index < -0.39 is 28.0 Å². The summed E-state index contributed by atoms with van der Waals surface area (Å²) in [5, 5.41) is 10.3. The number of likely N-dealkylation sites (N-methyl/N-ethyl adjacent to an activating group) is 1. The van der Waals surface area contributed by atoms with Gasteiger partial charge in [-0.3, -0.25) is 9.78 Å². The van der Waals surface area contributed by atoms with Crippen molar-refractivity contribution in [3.8, 4) is 5.75 Å². The summed E-state index contributed by atoms with van der Waals surface area (Å²) >= 11 is 0. The van der Waals surface area contributed by atoms with Gasteiger partial charge in [-0.15, -0.1) is 0 Å². The van der Waals surface area contributed by atoms with Crippen molar-refractivity contribution >= 4 is 26.9 Å². The highest BCUT2D eigenvalue weighted by Gasteiger charge is 2.41. The number of hydrogen-bond donors (Lipinski definition) is 1. The minimum Gasteiger partial charge on any atom is -0.489 e. The molecule has 168 valence electrons. The van der Waals surface area contributed by atoms with E-state index in [2.05, 4.69) is 4.98 Å². The van der Waals surface area contributed by atoms with E-state index in [0.29, 0.717) is 12.4 Å². The molecular weight excluding hydrogens is 432 g/mol. The maximum Gasteiger partial charge on any atom is 0.310 e. The maximum absolute atomic E-state index is 13.0. The number of fused-ring (bicyclic) bond motifs is 1. The molecule has 2 atom stereocenters. The Kier molecular flexibility index (Phi) is 6.14. The topological polar surface area (TPSA) is 106 Å². The highest BCUT2D eigenvalue weighted by molar-refractivity contribution is 7.89. The van der Waals surface area contributed by atoms with Crippen LogP contribution in [0.4, 0.5) is 0 Å². The van der Waals surface area contributed by atoms with Crippen LogP contribution in [0, 0.1) is 12.8 Å². The third kappa shape index (κ3) is 4.32. The van der Waals surface area contributed by atoms with Gasteiger partial charge in [0.15, 0.2) is 0 Å². The van der Waals surface area contributed by atoms with Crippen LogP contribution in [0.25, 0.3) is 10.9 Å². The summed E-state index contributed by atoms with van der Waals surface area (Å²) in [4.78, 5) is 16.0. The molecule has 32 heavy (non-hydrogen) atoms. The molecule has 0 aliphatic carbocycles. The number of benzene rings is 2.